The molecule has 1 heterocycles. The highest BCUT2D eigenvalue weighted by Gasteiger charge is 2.11. The number of carbonyl (C=O) groups is 1. The van der Waals surface area contributed by atoms with Crippen LogP contribution in [-0.2, 0) is 6.54 Å². The van der Waals surface area contributed by atoms with Crippen LogP contribution in [-0.4, -0.2) is 15.6 Å². The maximum Gasteiger partial charge on any atom is 0.166 e. The molecule has 0 saturated carbocycles. The number of ketones is 1. The van der Waals surface area contributed by atoms with Gasteiger partial charge >= 0.3 is 0 Å². The van der Waals surface area contributed by atoms with Crippen LogP contribution in [0.15, 0.2) is 6.20 Å². The van der Waals surface area contributed by atoms with Gasteiger partial charge in [0.1, 0.15) is 0 Å². The lowest BCUT2D eigenvalue weighted by Gasteiger charge is -1.94. The molecule has 0 aliphatic carbocycles. The van der Waals surface area contributed by atoms with Gasteiger partial charge in [0.25, 0.3) is 0 Å². The second-order valence-corrected chi connectivity index (χ2v) is 3.16. The van der Waals surface area contributed by atoms with E-state index in [0.29, 0.717) is 6.42 Å². The zero-order valence-electron chi connectivity index (χ0n) is 8.50. The lowest BCUT2D eigenvalue weighted by molar-refractivity contribution is 0.0981. The fraction of sp³-hybridized carbons (Fsp3) is 0.600. The Bertz CT molecular complexity index is 302. The van der Waals surface area contributed by atoms with Crippen molar-refractivity contribution in [1.82, 2.24) is 9.78 Å². The molecule has 72 valence electrons. The number of aryl methyl sites for hydroxylation is 2. The number of nitrogens with zero attached hydrogens (tertiary/aromatic N) is 2. The Morgan fingerprint density at radius 3 is 2.69 bits per heavy atom. The van der Waals surface area contributed by atoms with Gasteiger partial charge in [0.05, 0.1) is 11.3 Å². The predicted molar refractivity (Wildman–Crippen MR) is 51.9 cm³/mol. The van der Waals surface area contributed by atoms with Gasteiger partial charge in [0.2, 0.25) is 0 Å². The molecule has 0 unspecified atom stereocenters. The molecule has 0 saturated heterocycles. The molecule has 0 spiro atoms. The Labute approximate surface area is 78.8 Å². The summed E-state index contributed by atoms with van der Waals surface area (Å²) >= 11 is 0. The van der Waals surface area contributed by atoms with Crippen LogP contribution < -0.4 is 0 Å². The summed E-state index contributed by atoms with van der Waals surface area (Å²) < 4.78 is 1.80. The summed E-state index contributed by atoms with van der Waals surface area (Å²) in [6.45, 7) is 6.73. The third-order valence-corrected chi connectivity index (χ3v) is 2.05. The largest absolute Gasteiger partial charge is 0.294 e. The minimum absolute atomic E-state index is 0.208. The molecule has 0 amide bonds. The second kappa shape index (κ2) is 4.21. The molecule has 3 nitrogen and oxygen atoms in total. The van der Waals surface area contributed by atoms with Crippen LogP contribution in [0.25, 0.3) is 0 Å². The monoisotopic (exact) mass is 180 g/mol. The molecule has 0 aromatic carbocycles. The maximum absolute atomic E-state index is 11.5. The fourth-order valence-corrected chi connectivity index (χ4v) is 1.32. The van der Waals surface area contributed by atoms with Crippen molar-refractivity contribution in [2.75, 3.05) is 0 Å². The number of rotatable bonds is 4. The lowest BCUT2D eigenvalue weighted by atomic mass is 10.1. The zero-order chi connectivity index (χ0) is 9.84. The van der Waals surface area contributed by atoms with E-state index >= 15 is 0 Å². The van der Waals surface area contributed by atoms with Crippen molar-refractivity contribution in [1.29, 1.82) is 0 Å². The summed E-state index contributed by atoms with van der Waals surface area (Å²) in [5.41, 5.74) is 1.63. The van der Waals surface area contributed by atoms with Crippen molar-refractivity contribution in [3.8, 4) is 0 Å². The lowest BCUT2D eigenvalue weighted by Crippen LogP contribution is -1.98. The van der Waals surface area contributed by atoms with Crippen LogP contribution >= 0.6 is 0 Å². The first-order valence-corrected chi connectivity index (χ1v) is 4.76. The molecule has 0 bridgehead atoms. The van der Waals surface area contributed by atoms with E-state index in [9.17, 15) is 4.79 Å². The Hall–Kier alpha value is -1.12. The Morgan fingerprint density at radius 1 is 1.54 bits per heavy atom. The van der Waals surface area contributed by atoms with E-state index in [-0.39, 0.29) is 5.78 Å². The predicted octanol–water partition coefficient (Wildman–Crippen LogP) is 2.19. The molecule has 13 heavy (non-hydrogen) atoms. The van der Waals surface area contributed by atoms with Gasteiger partial charge in [-0.1, -0.05) is 6.92 Å². The summed E-state index contributed by atoms with van der Waals surface area (Å²) in [5, 5.41) is 4.23. The fourth-order valence-electron chi connectivity index (χ4n) is 1.32. The van der Waals surface area contributed by atoms with Gasteiger partial charge in [-0.15, -0.1) is 0 Å². The average molecular weight is 180 g/mol. The number of aromatic nitrogens is 2. The third kappa shape index (κ3) is 2.17. The van der Waals surface area contributed by atoms with E-state index in [0.717, 1.165) is 24.2 Å². The van der Waals surface area contributed by atoms with Gasteiger partial charge in [0.15, 0.2) is 5.78 Å². The minimum atomic E-state index is 0.208. The molecular weight excluding hydrogens is 164 g/mol. The molecule has 1 rings (SSSR count). The first kappa shape index (κ1) is 9.96. The van der Waals surface area contributed by atoms with Crippen LogP contribution in [0, 0.1) is 6.92 Å². The molecule has 0 aliphatic heterocycles. The van der Waals surface area contributed by atoms with Gasteiger partial charge in [-0.3, -0.25) is 9.48 Å². The summed E-state index contributed by atoms with van der Waals surface area (Å²) in [6.07, 6.45) is 3.36. The Balaban J connectivity index is 2.87. The van der Waals surface area contributed by atoms with Gasteiger partial charge in [0, 0.05) is 19.2 Å². The van der Waals surface area contributed by atoms with Crippen molar-refractivity contribution >= 4 is 5.78 Å². The van der Waals surface area contributed by atoms with Crippen LogP contribution in [0.4, 0.5) is 0 Å². The average Bonchev–Trinajstić information content (AvgIpc) is 2.47. The van der Waals surface area contributed by atoms with Gasteiger partial charge in [-0.05, 0) is 20.3 Å². The molecule has 3 heteroatoms. The first-order valence-electron chi connectivity index (χ1n) is 4.76. The van der Waals surface area contributed by atoms with E-state index in [2.05, 4.69) is 5.10 Å². The van der Waals surface area contributed by atoms with E-state index in [1.165, 1.54) is 0 Å². The quantitative estimate of drug-likeness (QED) is 0.666. The van der Waals surface area contributed by atoms with Gasteiger partial charge in [-0.25, -0.2) is 0 Å². The smallest absolute Gasteiger partial charge is 0.166 e. The summed E-state index contributed by atoms with van der Waals surface area (Å²) in [4.78, 5) is 11.5. The SMILES string of the molecule is CCCC(=O)c1cn(CC)nc1C. The molecular formula is C10H16N2O. The maximum atomic E-state index is 11.5. The van der Waals surface area contributed by atoms with Crippen molar-refractivity contribution in [2.24, 2.45) is 0 Å². The van der Waals surface area contributed by atoms with E-state index in [4.69, 9.17) is 0 Å². The summed E-state index contributed by atoms with van der Waals surface area (Å²) in [6, 6.07) is 0. The highest BCUT2D eigenvalue weighted by Crippen LogP contribution is 2.09. The highest BCUT2D eigenvalue weighted by molar-refractivity contribution is 5.96. The van der Waals surface area contributed by atoms with E-state index in [1.807, 2.05) is 27.0 Å². The van der Waals surface area contributed by atoms with E-state index in [1.54, 1.807) is 4.68 Å². The van der Waals surface area contributed by atoms with Crippen LogP contribution in [0.3, 0.4) is 0 Å². The van der Waals surface area contributed by atoms with Gasteiger partial charge < -0.3 is 0 Å². The van der Waals surface area contributed by atoms with E-state index < -0.39 is 0 Å². The Kier molecular flexibility index (Phi) is 3.23. The zero-order valence-corrected chi connectivity index (χ0v) is 8.50. The first-order chi connectivity index (χ1) is 6.19. The number of hydrogen-bond donors (Lipinski definition) is 0. The van der Waals surface area contributed by atoms with Gasteiger partial charge in [-0.2, -0.15) is 5.10 Å². The third-order valence-electron chi connectivity index (χ3n) is 2.05. The van der Waals surface area contributed by atoms with Crippen LogP contribution in [0.1, 0.15) is 42.7 Å². The molecule has 0 fully saturated rings. The normalized spacial score (nSPS) is 10.4. The molecule has 0 radical (unpaired) electrons. The molecule has 0 N–H and O–H groups in total. The molecule has 1 aromatic heterocycles. The summed E-state index contributed by atoms with van der Waals surface area (Å²) in [5.74, 6) is 0.208. The van der Waals surface area contributed by atoms with Crippen molar-refractivity contribution in [3.05, 3.63) is 17.5 Å². The van der Waals surface area contributed by atoms with Crippen molar-refractivity contribution < 1.29 is 4.79 Å². The molecule has 0 atom stereocenters. The van der Waals surface area contributed by atoms with Crippen LogP contribution in [0.2, 0.25) is 0 Å². The van der Waals surface area contributed by atoms with Crippen molar-refractivity contribution in [3.63, 3.8) is 0 Å². The molecule has 0 aliphatic rings. The Morgan fingerprint density at radius 2 is 2.23 bits per heavy atom. The number of Topliss-reactive ketones (excluding diaryl/α,β-unsaturated/α-hetero) is 1. The second-order valence-electron chi connectivity index (χ2n) is 3.16. The topological polar surface area (TPSA) is 34.9 Å². The number of carbonyl (C=O) groups excluding carboxylic acids is 1. The van der Waals surface area contributed by atoms with Crippen molar-refractivity contribution in [2.45, 2.75) is 40.2 Å². The molecule has 1 aromatic rings. The standard InChI is InChI=1S/C10H16N2O/c1-4-6-10(13)9-7-12(5-2)11-8(9)3/h7H,4-6H2,1-3H3. The van der Waals surface area contributed by atoms with Crippen LogP contribution in [0.5, 0.6) is 0 Å². The highest BCUT2D eigenvalue weighted by atomic mass is 16.1. The number of hydrogen-bond acceptors (Lipinski definition) is 2. The summed E-state index contributed by atoms with van der Waals surface area (Å²) in [7, 11) is 0. The minimum Gasteiger partial charge on any atom is -0.294 e.